The Bertz CT molecular complexity index is 398. The molecule has 0 spiro atoms. The molecule has 1 aromatic rings. The van der Waals surface area contributed by atoms with Crippen molar-refractivity contribution < 1.29 is 14.6 Å². The fourth-order valence-corrected chi connectivity index (χ4v) is 2.67. The molecule has 114 valence electrons. The number of benzene rings is 1. The number of hydrogen-bond acceptors (Lipinski definition) is 3. The molecule has 2 atom stereocenters. The minimum Gasteiger partial charge on any atom is -0.497 e. The molecule has 0 amide bonds. The van der Waals surface area contributed by atoms with E-state index in [1.165, 1.54) is 0 Å². The predicted octanol–water partition coefficient (Wildman–Crippen LogP) is 4.20. The predicted molar refractivity (Wildman–Crippen MR) is 82.4 cm³/mol. The van der Waals surface area contributed by atoms with Crippen LogP contribution in [0.25, 0.3) is 0 Å². The van der Waals surface area contributed by atoms with Crippen LogP contribution in [0.15, 0.2) is 18.2 Å². The molecule has 0 heterocycles. The van der Waals surface area contributed by atoms with Gasteiger partial charge >= 0.3 is 0 Å². The van der Waals surface area contributed by atoms with Gasteiger partial charge in [0.1, 0.15) is 11.5 Å². The number of rotatable bonds is 6. The average molecular weight is 280 g/mol. The van der Waals surface area contributed by atoms with E-state index in [0.29, 0.717) is 17.4 Å². The van der Waals surface area contributed by atoms with E-state index in [1.807, 2.05) is 18.2 Å². The van der Waals surface area contributed by atoms with Gasteiger partial charge in [-0.2, -0.15) is 0 Å². The highest BCUT2D eigenvalue weighted by Gasteiger charge is 2.19. The van der Waals surface area contributed by atoms with Crippen LogP contribution in [0.4, 0.5) is 0 Å². The summed E-state index contributed by atoms with van der Waals surface area (Å²) in [7, 11) is 3.24. The van der Waals surface area contributed by atoms with Crippen molar-refractivity contribution in [3.63, 3.8) is 0 Å². The first-order valence-corrected chi connectivity index (χ1v) is 7.16. The Hall–Kier alpha value is -1.22. The number of methoxy groups -OCH3 is 2. The molecule has 3 heteroatoms. The molecule has 2 unspecified atom stereocenters. The lowest BCUT2D eigenvalue weighted by molar-refractivity contribution is 0.133. The molecule has 1 aromatic carbocycles. The molecule has 20 heavy (non-hydrogen) atoms. The van der Waals surface area contributed by atoms with Crippen LogP contribution in [0.3, 0.4) is 0 Å². The van der Waals surface area contributed by atoms with E-state index < -0.39 is 6.10 Å². The Kier molecular flexibility index (Phi) is 5.88. The van der Waals surface area contributed by atoms with Crippen molar-refractivity contribution in [1.29, 1.82) is 0 Å². The number of ether oxygens (including phenoxy) is 2. The number of hydrogen-bond donors (Lipinski definition) is 1. The van der Waals surface area contributed by atoms with Crippen molar-refractivity contribution in [3.05, 3.63) is 23.8 Å². The van der Waals surface area contributed by atoms with Crippen molar-refractivity contribution in [2.75, 3.05) is 14.2 Å². The molecular weight excluding hydrogens is 252 g/mol. The second-order valence-corrected chi connectivity index (χ2v) is 6.77. The van der Waals surface area contributed by atoms with E-state index in [-0.39, 0.29) is 5.41 Å². The Morgan fingerprint density at radius 1 is 1.05 bits per heavy atom. The van der Waals surface area contributed by atoms with Gasteiger partial charge in [-0.05, 0) is 41.9 Å². The van der Waals surface area contributed by atoms with Gasteiger partial charge in [0.2, 0.25) is 0 Å². The van der Waals surface area contributed by atoms with Gasteiger partial charge in [0.15, 0.2) is 0 Å². The van der Waals surface area contributed by atoms with Crippen LogP contribution >= 0.6 is 0 Å². The standard InChI is InChI=1S/C17H28O3/c1-12(11-17(2,3)4)7-16(18)13-8-14(19-5)10-15(9-13)20-6/h8-10,12,16,18H,7,11H2,1-6H3. The molecule has 0 aliphatic heterocycles. The first-order chi connectivity index (χ1) is 9.25. The van der Waals surface area contributed by atoms with Gasteiger partial charge in [0.05, 0.1) is 20.3 Å². The maximum absolute atomic E-state index is 10.4. The van der Waals surface area contributed by atoms with Crippen LogP contribution in [0.5, 0.6) is 11.5 Å². The summed E-state index contributed by atoms with van der Waals surface area (Å²) in [5.41, 5.74) is 1.13. The molecule has 0 radical (unpaired) electrons. The fourth-order valence-electron chi connectivity index (χ4n) is 2.67. The van der Waals surface area contributed by atoms with E-state index in [2.05, 4.69) is 27.7 Å². The van der Waals surface area contributed by atoms with Gasteiger partial charge in [0, 0.05) is 6.07 Å². The van der Waals surface area contributed by atoms with Gasteiger partial charge in [-0.15, -0.1) is 0 Å². The number of aliphatic hydroxyl groups is 1. The van der Waals surface area contributed by atoms with E-state index in [1.54, 1.807) is 14.2 Å². The molecule has 3 nitrogen and oxygen atoms in total. The third kappa shape index (κ3) is 5.41. The van der Waals surface area contributed by atoms with E-state index in [0.717, 1.165) is 18.4 Å². The first-order valence-electron chi connectivity index (χ1n) is 7.16. The summed E-state index contributed by atoms with van der Waals surface area (Å²) in [6.45, 7) is 8.87. The summed E-state index contributed by atoms with van der Waals surface area (Å²) < 4.78 is 10.5. The second-order valence-electron chi connectivity index (χ2n) is 6.77. The summed E-state index contributed by atoms with van der Waals surface area (Å²) in [6, 6.07) is 5.56. The normalized spacial score (nSPS) is 14.8. The highest BCUT2D eigenvalue weighted by atomic mass is 16.5. The topological polar surface area (TPSA) is 38.7 Å². The summed E-state index contributed by atoms with van der Waals surface area (Å²) >= 11 is 0. The molecule has 0 bridgehead atoms. The maximum Gasteiger partial charge on any atom is 0.122 e. The van der Waals surface area contributed by atoms with Gasteiger partial charge in [-0.1, -0.05) is 27.7 Å². The largest absolute Gasteiger partial charge is 0.497 e. The molecule has 0 aliphatic carbocycles. The minimum absolute atomic E-state index is 0.283. The zero-order valence-corrected chi connectivity index (χ0v) is 13.6. The van der Waals surface area contributed by atoms with Crippen LogP contribution in [0, 0.1) is 11.3 Å². The van der Waals surface area contributed by atoms with Crippen molar-refractivity contribution in [2.45, 2.75) is 46.6 Å². The average Bonchev–Trinajstić information content (AvgIpc) is 2.35. The van der Waals surface area contributed by atoms with Gasteiger partial charge in [-0.3, -0.25) is 0 Å². The smallest absolute Gasteiger partial charge is 0.122 e. The lowest BCUT2D eigenvalue weighted by Gasteiger charge is -2.25. The van der Waals surface area contributed by atoms with Crippen LogP contribution < -0.4 is 9.47 Å². The molecule has 0 saturated carbocycles. The van der Waals surface area contributed by atoms with Crippen LogP contribution in [0.2, 0.25) is 0 Å². The van der Waals surface area contributed by atoms with Gasteiger partial charge < -0.3 is 14.6 Å². The number of aliphatic hydroxyl groups excluding tert-OH is 1. The second kappa shape index (κ2) is 6.98. The SMILES string of the molecule is COc1cc(OC)cc(C(O)CC(C)CC(C)(C)C)c1. The quantitative estimate of drug-likeness (QED) is 0.848. The van der Waals surface area contributed by atoms with E-state index in [9.17, 15) is 5.11 Å². The Morgan fingerprint density at radius 2 is 1.55 bits per heavy atom. The van der Waals surface area contributed by atoms with Crippen molar-refractivity contribution >= 4 is 0 Å². The van der Waals surface area contributed by atoms with Crippen LogP contribution in [-0.4, -0.2) is 19.3 Å². The lowest BCUT2D eigenvalue weighted by atomic mass is 9.82. The Labute approximate surface area is 122 Å². The molecular formula is C17H28O3. The van der Waals surface area contributed by atoms with Gasteiger partial charge in [0.25, 0.3) is 0 Å². The fraction of sp³-hybridized carbons (Fsp3) is 0.647. The zero-order valence-electron chi connectivity index (χ0n) is 13.6. The summed E-state index contributed by atoms with van der Waals surface area (Å²) in [5, 5.41) is 10.4. The third-order valence-electron chi connectivity index (χ3n) is 3.35. The summed E-state index contributed by atoms with van der Waals surface area (Å²) in [6.07, 6.45) is 1.34. The first kappa shape index (κ1) is 16.8. The lowest BCUT2D eigenvalue weighted by Crippen LogP contribution is -2.13. The van der Waals surface area contributed by atoms with Crippen molar-refractivity contribution in [2.24, 2.45) is 11.3 Å². The minimum atomic E-state index is -0.489. The molecule has 1 rings (SSSR count). The van der Waals surface area contributed by atoms with Crippen molar-refractivity contribution in [1.82, 2.24) is 0 Å². The van der Waals surface area contributed by atoms with E-state index >= 15 is 0 Å². The molecule has 0 fully saturated rings. The van der Waals surface area contributed by atoms with E-state index in [4.69, 9.17) is 9.47 Å². The Morgan fingerprint density at radius 3 is 1.95 bits per heavy atom. The summed E-state index contributed by atoms with van der Waals surface area (Å²) in [4.78, 5) is 0. The highest BCUT2D eigenvalue weighted by Crippen LogP contribution is 2.33. The highest BCUT2D eigenvalue weighted by molar-refractivity contribution is 5.39. The third-order valence-corrected chi connectivity index (χ3v) is 3.35. The van der Waals surface area contributed by atoms with Crippen LogP contribution in [0.1, 0.15) is 52.2 Å². The molecule has 0 aliphatic rings. The summed E-state index contributed by atoms with van der Waals surface area (Å²) in [5.74, 6) is 1.88. The van der Waals surface area contributed by atoms with Crippen molar-refractivity contribution in [3.8, 4) is 11.5 Å². The monoisotopic (exact) mass is 280 g/mol. The molecule has 1 N–H and O–H groups in total. The zero-order chi connectivity index (χ0) is 15.3. The molecule has 0 saturated heterocycles. The maximum atomic E-state index is 10.4. The van der Waals surface area contributed by atoms with Crippen LogP contribution in [-0.2, 0) is 0 Å². The Balaban J connectivity index is 2.78. The van der Waals surface area contributed by atoms with Gasteiger partial charge in [-0.25, -0.2) is 0 Å². The molecule has 0 aromatic heterocycles.